The zero-order valence-corrected chi connectivity index (χ0v) is 11.0. The fourth-order valence-corrected chi connectivity index (χ4v) is 2.98. The molecule has 0 fully saturated rings. The third kappa shape index (κ3) is 1.94. The largest absolute Gasteiger partial charge is 0.289 e. The first-order chi connectivity index (χ1) is 8.75. The number of benzene rings is 2. The summed E-state index contributed by atoms with van der Waals surface area (Å²) in [5.41, 5.74) is 1.43. The molecule has 0 N–H and O–H groups in total. The first-order valence-electron chi connectivity index (χ1n) is 5.52. The smallest absolute Gasteiger partial charge is 0.194 e. The third-order valence-electron chi connectivity index (χ3n) is 2.83. The Morgan fingerprint density at radius 3 is 2.50 bits per heavy atom. The molecule has 2 aromatic carbocycles. The van der Waals surface area contributed by atoms with Crippen molar-refractivity contribution in [2.45, 2.75) is 0 Å². The van der Waals surface area contributed by atoms with E-state index in [0.717, 1.165) is 15.6 Å². The number of halogens is 1. The second-order valence-corrected chi connectivity index (χ2v) is 5.33. The minimum Gasteiger partial charge on any atom is -0.289 e. The van der Waals surface area contributed by atoms with Crippen molar-refractivity contribution < 1.29 is 4.79 Å². The Labute approximate surface area is 114 Å². The summed E-state index contributed by atoms with van der Waals surface area (Å²) >= 11 is 7.42. The molecule has 0 spiro atoms. The fraction of sp³-hybridized carbons (Fsp3) is 0. The van der Waals surface area contributed by atoms with Gasteiger partial charge in [0.05, 0.1) is 0 Å². The molecule has 0 atom stereocenters. The molecule has 3 aromatic rings. The number of rotatable bonds is 2. The lowest BCUT2D eigenvalue weighted by Crippen LogP contribution is -1.99. The van der Waals surface area contributed by atoms with E-state index in [0.29, 0.717) is 10.6 Å². The number of hydrogen-bond acceptors (Lipinski definition) is 2. The number of carbonyl (C=O) groups is 1. The molecular formula is C15H9ClOS. The van der Waals surface area contributed by atoms with Gasteiger partial charge in [-0.3, -0.25) is 4.79 Å². The Morgan fingerprint density at radius 2 is 1.72 bits per heavy atom. The molecule has 0 aliphatic heterocycles. The number of hydrogen-bond donors (Lipinski definition) is 0. The Bertz CT molecular complexity index is 713. The van der Waals surface area contributed by atoms with E-state index in [1.54, 1.807) is 35.6 Å². The molecule has 0 saturated carbocycles. The Kier molecular flexibility index (Phi) is 2.90. The van der Waals surface area contributed by atoms with Crippen LogP contribution in [0.3, 0.4) is 0 Å². The van der Waals surface area contributed by atoms with Gasteiger partial charge in [-0.25, -0.2) is 0 Å². The molecule has 0 saturated heterocycles. The summed E-state index contributed by atoms with van der Waals surface area (Å²) in [6, 6.07) is 14.9. The maximum Gasteiger partial charge on any atom is 0.194 e. The van der Waals surface area contributed by atoms with E-state index >= 15 is 0 Å². The summed E-state index contributed by atoms with van der Waals surface area (Å²) in [5, 5.41) is 3.57. The van der Waals surface area contributed by atoms with E-state index in [1.807, 2.05) is 29.6 Å². The average molecular weight is 273 g/mol. The van der Waals surface area contributed by atoms with Crippen molar-refractivity contribution in [1.82, 2.24) is 0 Å². The van der Waals surface area contributed by atoms with Crippen LogP contribution in [0.25, 0.3) is 10.1 Å². The van der Waals surface area contributed by atoms with E-state index < -0.39 is 0 Å². The summed E-state index contributed by atoms with van der Waals surface area (Å²) in [5.74, 6) is 0.0455. The van der Waals surface area contributed by atoms with Gasteiger partial charge in [0.15, 0.2) is 5.78 Å². The first kappa shape index (κ1) is 11.5. The highest BCUT2D eigenvalue weighted by Crippen LogP contribution is 2.27. The van der Waals surface area contributed by atoms with Crippen LogP contribution in [0.2, 0.25) is 5.02 Å². The minimum atomic E-state index is 0.0455. The predicted octanol–water partition coefficient (Wildman–Crippen LogP) is 4.79. The van der Waals surface area contributed by atoms with Crippen molar-refractivity contribution in [2.24, 2.45) is 0 Å². The van der Waals surface area contributed by atoms with Crippen LogP contribution >= 0.6 is 22.9 Å². The maximum atomic E-state index is 12.4. The highest BCUT2D eigenvalue weighted by molar-refractivity contribution is 7.17. The molecule has 0 amide bonds. The Morgan fingerprint density at radius 1 is 1.00 bits per heavy atom. The molecule has 88 valence electrons. The van der Waals surface area contributed by atoms with Crippen molar-refractivity contribution in [2.75, 3.05) is 0 Å². The second-order valence-electron chi connectivity index (χ2n) is 3.98. The zero-order chi connectivity index (χ0) is 12.5. The molecular weight excluding hydrogens is 264 g/mol. The van der Waals surface area contributed by atoms with Crippen molar-refractivity contribution in [1.29, 1.82) is 0 Å². The van der Waals surface area contributed by atoms with Gasteiger partial charge >= 0.3 is 0 Å². The van der Waals surface area contributed by atoms with Gasteiger partial charge in [0.1, 0.15) is 0 Å². The number of thiophene rings is 1. The maximum absolute atomic E-state index is 12.4. The fourth-order valence-electron chi connectivity index (χ4n) is 1.91. The van der Waals surface area contributed by atoms with Crippen molar-refractivity contribution in [3.05, 3.63) is 70.1 Å². The van der Waals surface area contributed by atoms with Crippen LogP contribution in [0.1, 0.15) is 15.9 Å². The molecule has 0 bridgehead atoms. The molecule has 0 aliphatic rings. The zero-order valence-electron chi connectivity index (χ0n) is 9.39. The van der Waals surface area contributed by atoms with Gasteiger partial charge in [0.2, 0.25) is 0 Å². The van der Waals surface area contributed by atoms with Crippen LogP contribution in [0.15, 0.2) is 53.9 Å². The summed E-state index contributed by atoms with van der Waals surface area (Å²) in [7, 11) is 0. The lowest BCUT2D eigenvalue weighted by atomic mass is 10.0. The summed E-state index contributed by atoms with van der Waals surface area (Å²) < 4.78 is 1.13. The topological polar surface area (TPSA) is 17.1 Å². The second kappa shape index (κ2) is 4.56. The first-order valence-corrected chi connectivity index (χ1v) is 6.78. The lowest BCUT2D eigenvalue weighted by Gasteiger charge is -2.00. The van der Waals surface area contributed by atoms with E-state index in [9.17, 15) is 4.79 Å². The standard InChI is InChI=1S/C15H9ClOS/c16-11-7-5-10(6-8-11)15(17)13-9-18-14-4-2-1-3-12(13)14/h1-9H. The van der Waals surface area contributed by atoms with Gasteiger partial charge in [0, 0.05) is 31.6 Å². The Hall–Kier alpha value is -1.64. The monoisotopic (exact) mass is 272 g/mol. The summed E-state index contributed by atoms with van der Waals surface area (Å²) in [6.07, 6.45) is 0. The van der Waals surface area contributed by atoms with Gasteiger partial charge in [-0.05, 0) is 30.3 Å². The lowest BCUT2D eigenvalue weighted by molar-refractivity contribution is 0.104. The van der Waals surface area contributed by atoms with Gasteiger partial charge in [0.25, 0.3) is 0 Å². The molecule has 3 heteroatoms. The average Bonchev–Trinajstić information content (AvgIpc) is 2.82. The highest BCUT2D eigenvalue weighted by atomic mass is 35.5. The van der Waals surface area contributed by atoms with Gasteiger partial charge < -0.3 is 0 Å². The molecule has 1 heterocycles. The summed E-state index contributed by atoms with van der Waals surface area (Å²) in [4.78, 5) is 12.4. The molecule has 0 unspecified atom stereocenters. The van der Waals surface area contributed by atoms with Crippen LogP contribution in [-0.4, -0.2) is 5.78 Å². The van der Waals surface area contributed by atoms with Crippen LogP contribution < -0.4 is 0 Å². The number of ketones is 1. The third-order valence-corrected chi connectivity index (χ3v) is 4.05. The van der Waals surface area contributed by atoms with Crippen molar-refractivity contribution in [3.8, 4) is 0 Å². The van der Waals surface area contributed by atoms with Crippen LogP contribution in [0.5, 0.6) is 0 Å². The quantitative estimate of drug-likeness (QED) is 0.613. The van der Waals surface area contributed by atoms with E-state index in [4.69, 9.17) is 11.6 Å². The molecule has 0 aliphatic carbocycles. The molecule has 18 heavy (non-hydrogen) atoms. The number of carbonyl (C=O) groups excluding carboxylic acids is 1. The van der Waals surface area contributed by atoms with Gasteiger partial charge in [-0.1, -0.05) is 29.8 Å². The molecule has 0 radical (unpaired) electrons. The van der Waals surface area contributed by atoms with Crippen LogP contribution in [-0.2, 0) is 0 Å². The minimum absolute atomic E-state index is 0.0455. The molecule has 1 nitrogen and oxygen atoms in total. The SMILES string of the molecule is O=C(c1ccc(Cl)cc1)c1csc2ccccc12. The van der Waals surface area contributed by atoms with Gasteiger partial charge in [-0.2, -0.15) is 0 Å². The van der Waals surface area contributed by atoms with E-state index in [1.165, 1.54) is 0 Å². The van der Waals surface area contributed by atoms with E-state index in [-0.39, 0.29) is 5.78 Å². The van der Waals surface area contributed by atoms with E-state index in [2.05, 4.69) is 0 Å². The molecule has 1 aromatic heterocycles. The number of fused-ring (bicyclic) bond motifs is 1. The highest BCUT2D eigenvalue weighted by Gasteiger charge is 2.13. The summed E-state index contributed by atoms with van der Waals surface area (Å²) in [6.45, 7) is 0. The Balaban J connectivity index is 2.09. The normalized spacial score (nSPS) is 10.7. The van der Waals surface area contributed by atoms with Gasteiger partial charge in [-0.15, -0.1) is 11.3 Å². The predicted molar refractivity (Wildman–Crippen MR) is 76.7 cm³/mol. The van der Waals surface area contributed by atoms with Crippen molar-refractivity contribution in [3.63, 3.8) is 0 Å². The van der Waals surface area contributed by atoms with Crippen LogP contribution in [0, 0.1) is 0 Å². The van der Waals surface area contributed by atoms with Crippen LogP contribution in [0.4, 0.5) is 0 Å². The van der Waals surface area contributed by atoms with Crippen molar-refractivity contribution >= 4 is 38.8 Å². The molecule has 3 rings (SSSR count).